The molecule has 0 heterocycles. The molecule has 0 aliphatic rings. The molecule has 1 amide bonds. The van der Waals surface area contributed by atoms with Gasteiger partial charge in [0.1, 0.15) is 21.9 Å². The van der Waals surface area contributed by atoms with E-state index in [1.54, 1.807) is 19.1 Å². The van der Waals surface area contributed by atoms with Crippen molar-refractivity contribution in [2.75, 3.05) is 5.32 Å². The molecule has 9 nitrogen and oxygen atoms in total. The van der Waals surface area contributed by atoms with Gasteiger partial charge >= 0.3 is 0 Å². The summed E-state index contributed by atoms with van der Waals surface area (Å²) in [5.74, 6) is -1.60. The number of hydrogen-bond donors (Lipinski definition) is 3. The van der Waals surface area contributed by atoms with Crippen molar-refractivity contribution >= 4 is 38.2 Å². The molecule has 0 fully saturated rings. The highest BCUT2D eigenvalue weighted by molar-refractivity contribution is 7.86. The van der Waals surface area contributed by atoms with Gasteiger partial charge in [0.05, 0.1) is 4.92 Å². The van der Waals surface area contributed by atoms with Crippen LogP contribution in [0.3, 0.4) is 0 Å². The van der Waals surface area contributed by atoms with Crippen LogP contribution < -0.4 is 5.32 Å². The first-order valence-corrected chi connectivity index (χ1v) is 9.32. The van der Waals surface area contributed by atoms with Gasteiger partial charge in [-0.15, -0.1) is 0 Å². The second kappa shape index (κ2) is 6.91. The molecule has 0 radical (unpaired) electrons. The van der Waals surface area contributed by atoms with Crippen molar-refractivity contribution in [3.63, 3.8) is 0 Å². The molecule has 3 aromatic rings. The second-order valence-corrected chi connectivity index (χ2v) is 7.42. The Labute approximate surface area is 159 Å². The summed E-state index contributed by atoms with van der Waals surface area (Å²) in [7, 11) is -4.82. The molecule has 3 N–H and O–H groups in total. The van der Waals surface area contributed by atoms with E-state index in [-0.39, 0.29) is 10.9 Å². The molecule has 0 bridgehead atoms. The number of nitro groups is 1. The minimum atomic E-state index is -4.82. The van der Waals surface area contributed by atoms with Crippen molar-refractivity contribution in [1.29, 1.82) is 0 Å². The van der Waals surface area contributed by atoms with Crippen LogP contribution >= 0.6 is 0 Å². The summed E-state index contributed by atoms with van der Waals surface area (Å²) < 4.78 is 33.1. The Morgan fingerprint density at radius 2 is 1.82 bits per heavy atom. The van der Waals surface area contributed by atoms with E-state index in [9.17, 15) is 33.0 Å². The Hall–Kier alpha value is -3.50. The third kappa shape index (κ3) is 3.50. The van der Waals surface area contributed by atoms with Crippen LogP contribution in [-0.4, -0.2) is 28.9 Å². The van der Waals surface area contributed by atoms with Gasteiger partial charge in [-0.1, -0.05) is 30.3 Å². The second-order valence-electron chi connectivity index (χ2n) is 6.03. The Bertz CT molecular complexity index is 1240. The molecule has 0 atom stereocenters. The predicted molar refractivity (Wildman–Crippen MR) is 101 cm³/mol. The minimum Gasteiger partial charge on any atom is -0.505 e. The molecular formula is C18H14N2O7S. The molecule has 0 spiro atoms. The number of fused-ring (bicyclic) bond motifs is 1. The minimum absolute atomic E-state index is 0.226. The topological polar surface area (TPSA) is 147 Å². The lowest BCUT2D eigenvalue weighted by Gasteiger charge is -2.14. The average molecular weight is 402 g/mol. The van der Waals surface area contributed by atoms with Crippen LogP contribution in [-0.2, 0) is 10.1 Å². The van der Waals surface area contributed by atoms with Crippen LogP contribution in [0.5, 0.6) is 5.75 Å². The lowest BCUT2D eigenvalue weighted by atomic mass is 10.1. The van der Waals surface area contributed by atoms with Crippen molar-refractivity contribution in [2.24, 2.45) is 0 Å². The van der Waals surface area contributed by atoms with E-state index in [1.165, 1.54) is 30.3 Å². The largest absolute Gasteiger partial charge is 0.505 e. The molecule has 0 saturated heterocycles. The fourth-order valence-corrected chi connectivity index (χ4v) is 3.47. The lowest BCUT2D eigenvalue weighted by molar-refractivity contribution is -0.385. The smallest absolute Gasteiger partial charge is 0.296 e. The van der Waals surface area contributed by atoms with Gasteiger partial charge in [0.15, 0.2) is 0 Å². The van der Waals surface area contributed by atoms with Gasteiger partial charge in [0.25, 0.3) is 21.7 Å². The zero-order valence-corrected chi connectivity index (χ0v) is 15.2. The molecule has 3 aromatic carbocycles. The Morgan fingerprint density at radius 1 is 1.14 bits per heavy atom. The first kappa shape index (κ1) is 19.3. The zero-order valence-electron chi connectivity index (χ0n) is 14.4. The van der Waals surface area contributed by atoms with Crippen molar-refractivity contribution in [1.82, 2.24) is 0 Å². The maximum Gasteiger partial charge on any atom is 0.296 e. The fraction of sp³-hybridized carbons (Fsp3) is 0.0556. The van der Waals surface area contributed by atoms with E-state index in [4.69, 9.17) is 0 Å². The molecular weight excluding hydrogens is 388 g/mol. The number of hydrogen-bond acceptors (Lipinski definition) is 6. The monoisotopic (exact) mass is 402 g/mol. The van der Waals surface area contributed by atoms with Gasteiger partial charge in [-0.2, -0.15) is 8.42 Å². The number of aromatic hydroxyl groups is 1. The van der Waals surface area contributed by atoms with E-state index in [0.717, 1.165) is 6.07 Å². The summed E-state index contributed by atoms with van der Waals surface area (Å²) in [4.78, 5) is 22.4. The number of phenolic OH excluding ortho intramolecular Hbond substituents is 1. The van der Waals surface area contributed by atoms with Crippen LogP contribution in [0.15, 0.2) is 53.4 Å². The highest BCUT2D eigenvalue weighted by Crippen LogP contribution is 2.39. The number of rotatable bonds is 4. The zero-order chi connectivity index (χ0) is 20.6. The molecule has 3 rings (SSSR count). The fourth-order valence-electron chi connectivity index (χ4n) is 2.79. The third-order valence-electron chi connectivity index (χ3n) is 4.10. The lowest BCUT2D eigenvalue weighted by Crippen LogP contribution is -2.16. The van der Waals surface area contributed by atoms with E-state index in [0.29, 0.717) is 10.9 Å². The number of nitrogens with zero attached hydrogens (tertiary/aromatic N) is 1. The van der Waals surface area contributed by atoms with Crippen molar-refractivity contribution < 1.29 is 27.8 Å². The number of aryl methyl sites for hydroxylation is 1. The van der Waals surface area contributed by atoms with Crippen LogP contribution in [0.4, 0.5) is 11.4 Å². The Morgan fingerprint density at radius 3 is 2.46 bits per heavy atom. The first-order valence-electron chi connectivity index (χ1n) is 7.88. The summed E-state index contributed by atoms with van der Waals surface area (Å²) in [5, 5.41) is 24.4. The first-order chi connectivity index (χ1) is 13.1. The quantitative estimate of drug-likeness (QED) is 0.263. The highest BCUT2D eigenvalue weighted by atomic mass is 32.2. The molecule has 0 aliphatic carbocycles. The normalized spacial score (nSPS) is 11.4. The van der Waals surface area contributed by atoms with Crippen LogP contribution in [0.1, 0.15) is 15.9 Å². The highest BCUT2D eigenvalue weighted by Gasteiger charge is 2.26. The van der Waals surface area contributed by atoms with E-state index in [1.807, 2.05) is 0 Å². The van der Waals surface area contributed by atoms with Gasteiger partial charge < -0.3 is 10.4 Å². The summed E-state index contributed by atoms with van der Waals surface area (Å²) >= 11 is 0. The molecule has 0 saturated carbocycles. The van der Waals surface area contributed by atoms with Crippen molar-refractivity contribution in [2.45, 2.75) is 11.8 Å². The van der Waals surface area contributed by atoms with Crippen molar-refractivity contribution in [3.05, 3.63) is 69.8 Å². The number of nitro benzene ring substituents is 1. The van der Waals surface area contributed by atoms with E-state index >= 15 is 0 Å². The van der Waals surface area contributed by atoms with E-state index in [2.05, 4.69) is 5.32 Å². The number of carbonyl (C=O) groups excluding carboxylic acids is 1. The molecule has 0 aliphatic heterocycles. The van der Waals surface area contributed by atoms with Gasteiger partial charge in [-0.25, -0.2) is 0 Å². The standard InChI is InChI=1S/C18H14N2O7S/c1-10-6-7-13(14(8-10)20(23)24)18(22)19-16-15(28(25,26)27)9-11-4-2-3-5-12(11)17(16)21/h2-9,21H,1H3,(H,19,22)(H,25,26,27). The SMILES string of the molecule is Cc1ccc(C(=O)Nc2c(S(=O)(=O)O)cc3ccccc3c2O)c([N+](=O)[O-])c1. The van der Waals surface area contributed by atoms with Gasteiger partial charge in [-0.3, -0.25) is 19.5 Å². The molecule has 10 heteroatoms. The number of phenols is 1. The van der Waals surface area contributed by atoms with E-state index < -0.39 is 43.0 Å². The summed E-state index contributed by atoms with van der Waals surface area (Å²) in [5.41, 5.74) is -0.827. The number of amides is 1. The van der Waals surface area contributed by atoms with Gasteiger partial charge in [-0.05, 0) is 30.0 Å². The number of anilines is 1. The van der Waals surface area contributed by atoms with Crippen LogP contribution in [0.25, 0.3) is 10.8 Å². The Balaban J connectivity index is 2.19. The third-order valence-corrected chi connectivity index (χ3v) is 4.97. The van der Waals surface area contributed by atoms with Gasteiger partial charge in [0.2, 0.25) is 0 Å². The number of nitrogens with one attached hydrogen (secondary N) is 1. The molecule has 0 unspecified atom stereocenters. The molecule has 144 valence electrons. The maximum absolute atomic E-state index is 12.6. The van der Waals surface area contributed by atoms with Crippen LogP contribution in [0.2, 0.25) is 0 Å². The van der Waals surface area contributed by atoms with Crippen molar-refractivity contribution in [3.8, 4) is 5.75 Å². The summed E-state index contributed by atoms with van der Waals surface area (Å²) in [6.45, 7) is 1.61. The average Bonchev–Trinajstić information content (AvgIpc) is 2.62. The summed E-state index contributed by atoms with van der Waals surface area (Å²) in [6, 6.07) is 11.2. The van der Waals surface area contributed by atoms with Gasteiger partial charge in [0, 0.05) is 11.5 Å². The molecule has 28 heavy (non-hydrogen) atoms. The maximum atomic E-state index is 12.6. The molecule has 0 aromatic heterocycles. The summed E-state index contributed by atoms with van der Waals surface area (Å²) in [6.07, 6.45) is 0. The Kier molecular flexibility index (Phi) is 4.75. The van der Waals surface area contributed by atoms with Crippen LogP contribution in [0, 0.1) is 17.0 Å². The number of benzene rings is 3. The predicted octanol–water partition coefficient (Wildman–Crippen LogP) is 3.26. The number of carbonyl (C=O) groups is 1.